The van der Waals surface area contributed by atoms with Crippen LogP contribution >= 0.6 is 0 Å². The summed E-state index contributed by atoms with van der Waals surface area (Å²) >= 11 is 0. The maximum absolute atomic E-state index is 11.0. The van der Waals surface area contributed by atoms with Crippen molar-refractivity contribution >= 4 is 21.5 Å². The number of hydrogen-bond donors (Lipinski definition) is 1. The van der Waals surface area contributed by atoms with Crippen molar-refractivity contribution in [2.24, 2.45) is 10.9 Å². The second-order valence-corrected chi connectivity index (χ2v) is 11.7. The number of benzene rings is 2. The van der Waals surface area contributed by atoms with E-state index in [0.29, 0.717) is 12.8 Å². The third kappa shape index (κ3) is 4.98. The lowest BCUT2D eigenvalue weighted by atomic mass is 10.1. The quantitative estimate of drug-likeness (QED) is 0.286. The molecule has 3 heterocycles. The molecule has 182 valence electrons. The molecule has 2 aromatic carbocycles. The minimum absolute atomic E-state index is 0.185. The van der Waals surface area contributed by atoms with E-state index in [-0.39, 0.29) is 5.75 Å². The van der Waals surface area contributed by atoms with Gasteiger partial charge < -0.3 is 9.64 Å². The molecule has 8 heteroatoms. The van der Waals surface area contributed by atoms with Crippen molar-refractivity contribution in [3.63, 3.8) is 0 Å². The maximum Gasteiger partial charge on any atom is 0.264 e. The molecule has 2 aromatic rings. The summed E-state index contributed by atoms with van der Waals surface area (Å²) in [4.78, 5) is 7.22. The lowest BCUT2D eigenvalue weighted by Gasteiger charge is -2.21. The lowest BCUT2D eigenvalue weighted by molar-refractivity contribution is 0.467. The first kappa shape index (κ1) is 23.3. The Balaban J connectivity index is 1.36. The first-order valence-corrected chi connectivity index (χ1v) is 14.1. The van der Waals surface area contributed by atoms with Crippen molar-refractivity contribution in [1.82, 2.24) is 4.58 Å². The summed E-state index contributed by atoms with van der Waals surface area (Å²) in [5, 5.41) is 2.19. The lowest BCUT2D eigenvalue weighted by Crippen LogP contribution is -2.29. The van der Waals surface area contributed by atoms with Crippen molar-refractivity contribution in [3.05, 3.63) is 46.1 Å². The number of rotatable bonds is 9. The first-order chi connectivity index (χ1) is 16.3. The molecule has 0 atom stereocenters. The zero-order chi connectivity index (χ0) is 23.9. The molecule has 7 nitrogen and oxygen atoms in total. The molecule has 0 aliphatic carbocycles. The van der Waals surface area contributed by atoms with E-state index in [1.807, 2.05) is 0 Å². The molecule has 3 aliphatic heterocycles. The highest BCUT2D eigenvalue weighted by molar-refractivity contribution is 7.85. The van der Waals surface area contributed by atoms with Gasteiger partial charge in [0.25, 0.3) is 10.1 Å². The van der Waals surface area contributed by atoms with Gasteiger partial charge in [0, 0.05) is 43.2 Å². The van der Waals surface area contributed by atoms with E-state index in [1.54, 1.807) is 0 Å². The smallest absolute Gasteiger partial charge is 0.264 e. The number of unbranched alkanes of at least 4 members (excludes halogenated alkanes) is 1. The number of hydrogen-bond acceptors (Lipinski definition) is 5. The third-order valence-corrected chi connectivity index (χ3v) is 7.86. The van der Waals surface area contributed by atoms with Gasteiger partial charge in [-0.2, -0.15) is 8.42 Å². The van der Waals surface area contributed by atoms with Gasteiger partial charge in [-0.05, 0) is 49.3 Å². The van der Waals surface area contributed by atoms with Crippen molar-refractivity contribution in [3.8, 4) is 11.5 Å². The summed E-state index contributed by atoms with van der Waals surface area (Å²) in [6.45, 7) is 8.35. The van der Waals surface area contributed by atoms with Crippen molar-refractivity contribution in [2.45, 2.75) is 52.4 Å². The zero-order valence-corrected chi connectivity index (χ0v) is 20.9. The monoisotopic (exact) mass is 484 g/mol. The Bertz CT molecular complexity index is 1330. The summed E-state index contributed by atoms with van der Waals surface area (Å²) in [7, 11) is -3.89. The second-order valence-electron chi connectivity index (χ2n) is 10.1. The van der Waals surface area contributed by atoms with E-state index in [0.717, 1.165) is 73.2 Å². The Morgan fingerprint density at radius 3 is 2.74 bits per heavy atom. The Labute approximate surface area is 201 Å². The van der Waals surface area contributed by atoms with E-state index in [9.17, 15) is 8.42 Å². The molecule has 0 bridgehead atoms. The van der Waals surface area contributed by atoms with Crippen LogP contribution in [-0.4, -0.2) is 44.9 Å². The second kappa shape index (κ2) is 9.30. The molecule has 0 spiro atoms. The molecule has 0 radical (unpaired) electrons. The van der Waals surface area contributed by atoms with Gasteiger partial charge in [-0.3, -0.25) is 4.55 Å². The highest BCUT2D eigenvalue weighted by Crippen LogP contribution is 2.41. The molecule has 5 rings (SSSR count). The number of anilines is 1. The van der Waals surface area contributed by atoms with Crippen LogP contribution in [0.4, 0.5) is 11.4 Å². The van der Waals surface area contributed by atoms with Crippen LogP contribution in [0.15, 0.2) is 29.3 Å². The predicted molar refractivity (Wildman–Crippen MR) is 134 cm³/mol. The van der Waals surface area contributed by atoms with Gasteiger partial charge in [0.05, 0.1) is 11.8 Å². The Hall–Kier alpha value is -2.45. The minimum Gasteiger partial charge on any atom is -0.452 e. The fraction of sp³-hybridized carbons (Fsp3) is 0.538. The predicted octanol–water partition coefficient (Wildman–Crippen LogP) is 3.26. The van der Waals surface area contributed by atoms with Crippen molar-refractivity contribution < 1.29 is 17.7 Å². The molecular weight excluding hydrogens is 450 g/mol. The van der Waals surface area contributed by atoms with Crippen LogP contribution in [0.1, 0.15) is 50.7 Å². The van der Waals surface area contributed by atoms with Crippen LogP contribution < -0.4 is 24.9 Å². The van der Waals surface area contributed by atoms with E-state index in [1.165, 1.54) is 29.3 Å². The summed E-state index contributed by atoms with van der Waals surface area (Å²) < 4.78 is 39.7. The zero-order valence-electron chi connectivity index (χ0n) is 20.1. The van der Waals surface area contributed by atoms with Crippen LogP contribution in [0.25, 0.3) is 0 Å². The fourth-order valence-corrected chi connectivity index (χ4v) is 5.84. The van der Waals surface area contributed by atoms with Crippen LogP contribution in [0, 0.1) is 5.92 Å². The summed E-state index contributed by atoms with van der Waals surface area (Å²) in [5.41, 5.74) is 4.63. The van der Waals surface area contributed by atoms with Crippen molar-refractivity contribution in [2.75, 3.05) is 36.8 Å². The minimum atomic E-state index is -3.89. The topological polar surface area (TPSA) is 82.2 Å². The average molecular weight is 485 g/mol. The number of nitrogens with zero attached hydrogens (tertiary/aromatic N) is 3. The van der Waals surface area contributed by atoms with Crippen LogP contribution in [-0.2, 0) is 23.0 Å². The van der Waals surface area contributed by atoms with E-state index < -0.39 is 10.1 Å². The molecule has 34 heavy (non-hydrogen) atoms. The highest BCUT2D eigenvalue weighted by Gasteiger charge is 2.26. The molecule has 0 saturated carbocycles. The van der Waals surface area contributed by atoms with Gasteiger partial charge in [0.15, 0.2) is 11.5 Å². The van der Waals surface area contributed by atoms with Gasteiger partial charge in [-0.1, -0.05) is 13.8 Å². The van der Waals surface area contributed by atoms with Gasteiger partial charge in [0.1, 0.15) is 24.1 Å². The summed E-state index contributed by atoms with van der Waals surface area (Å²) in [6.07, 6.45) is 5.61. The Morgan fingerprint density at radius 1 is 1.09 bits per heavy atom. The molecule has 3 aliphatic rings. The fourth-order valence-electron chi connectivity index (χ4n) is 5.27. The number of ether oxygens (including phenoxy) is 1. The Kier molecular flexibility index (Phi) is 6.37. The summed E-state index contributed by atoms with van der Waals surface area (Å²) in [5.74, 6) is 2.14. The average Bonchev–Trinajstić information content (AvgIpc) is 3.34. The number of fused-ring (bicyclic) bond motifs is 4. The summed E-state index contributed by atoms with van der Waals surface area (Å²) in [6, 6.07) is 8.59. The standard InChI is InChI=1S/C26H33N3O4S/c1-18(2)6-5-10-29-12-8-20-15-22-26(17-24(20)29)33-25-16-23-19(14-21(25)27-22)7-11-28(23)9-3-4-13-34(30,31)32/h14-18H,3-13H2,1-2H3/p+1. The van der Waals surface area contributed by atoms with Crippen LogP contribution in [0.3, 0.4) is 0 Å². The molecule has 0 fully saturated rings. The van der Waals surface area contributed by atoms with Crippen LogP contribution in [0.5, 0.6) is 11.5 Å². The van der Waals surface area contributed by atoms with E-state index in [4.69, 9.17) is 14.3 Å². The molecule has 1 N–H and O–H groups in total. The van der Waals surface area contributed by atoms with E-state index >= 15 is 0 Å². The van der Waals surface area contributed by atoms with Crippen LogP contribution in [0.2, 0.25) is 0 Å². The molecule has 0 unspecified atom stereocenters. The maximum atomic E-state index is 11.0. The molecule has 0 amide bonds. The first-order valence-electron chi connectivity index (χ1n) is 12.5. The molecular formula is C26H34N3O4S+. The van der Waals surface area contributed by atoms with Gasteiger partial charge in [-0.25, -0.2) is 9.57 Å². The normalized spacial score (nSPS) is 16.1. The van der Waals surface area contributed by atoms with Gasteiger partial charge in [-0.15, -0.1) is 0 Å². The van der Waals surface area contributed by atoms with Gasteiger partial charge in [0.2, 0.25) is 5.36 Å². The molecule has 0 aromatic heterocycles. The Morgan fingerprint density at radius 2 is 1.94 bits per heavy atom. The highest BCUT2D eigenvalue weighted by atomic mass is 32.2. The van der Waals surface area contributed by atoms with Gasteiger partial charge >= 0.3 is 0 Å². The van der Waals surface area contributed by atoms with E-state index in [2.05, 4.69) is 47.6 Å². The SMILES string of the molecule is CC(C)CCC[N+]1=c2cc3c(cc2CC1)=Nc1cc2c(cc1O3)N(CCCCS(=O)(=O)O)CC2. The molecule has 0 saturated heterocycles. The third-order valence-electron chi connectivity index (χ3n) is 7.05. The largest absolute Gasteiger partial charge is 0.452 e. The van der Waals surface area contributed by atoms with Crippen molar-refractivity contribution in [1.29, 1.82) is 0 Å².